The molecule has 1 saturated heterocycles. The lowest BCUT2D eigenvalue weighted by Crippen LogP contribution is -2.30. The van der Waals surface area contributed by atoms with E-state index in [2.05, 4.69) is 15.3 Å². The third kappa shape index (κ3) is 4.68. The minimum absolute atomic E-state index is 0.00196. The number of hydrogen-bond donors (Lipinski definition) is 1. The van der Waals surface area contributed by atoms with E-state index in [-0.39, 0.29) is 5.91 Å². The molecule has 1 aliphatic heterocycles. The summed E-state index contributed by atoms with van der Waals surface area (Å²) in [6, 6.07) is 9.41. The van der Waals surface area contributed by atoms with Gasteiger partial charge in [0.2, 0.25) is 0 Å². The maximum absolute atomic E-state index is 12.2. The van der Waals surface area contributed by atoms with Crippen LogP contribution in [0.2, 0.25) is 0 Å². The third-order valence-electron chi connectivity index (χ3n) is 4.53. The molecule has 0 unspecified atom stereocenters. The van der Waals surface area contributed by atoms with Gasteiger partial charge in [0.1, 0.15) is 0 Å². The molecule has 1 fully saturated rings. The lowest BCUT2D eigenvalue weighted by molar-refractivity contribution is 0.0951. The van der Waals surface area contributed by atoms with Gasteiger partial charge in [0.25, 0.3) is 5.91 Å². The van der Waals surface area contributed by atoms with E-state index in [4.69, 9.17) is 0 Å². The minimum atomic E-state index is -0.00196. The molecule has 5 heteroatoms. The lowest BCUT2D eigenvalue weighted by atomic mass is 10.2. The Bertz CT molecular complexity index is 613. The van der Waals surface area contributed by atoms with E-state index >= 15 is 0 Å². The number of amides is 1. The Morgan fingerprint density at radius 2 is 1.83 bits per heavy atom. The highest BCUT2D eigenvalue weighted by molar-refractivity contribution is 5.94. The summed E-state index contributed by atoms with van der Waals surface area (Å²) >= 11 is 0. The van der Waals surface area contributed by atoms with Crippen LogP contribution in [-0.4, -0.2) is 46.8 Å². The molecule has 0 saturated carbocycles. The molecular weight excluding hydrogens is 300 g/mol. The molecule has 128 valence electrons. The van der Waals surface area contributed by atoms with Gasteiger partial charge in [0, 0.05) is 24.5 Å². The van der Waals surface area contributed by atoms with Crippen molar-refractivity contribution in [2.24, 2.45) is 0 Å². The van der Waals surface area contributed by atoms with Crippen molar-refractivity contribution in [1.82, 2.24) is 20.0 Å². The maximum Gasteiger partial charge on any atom is 0.251 e. The van der Waals surface area contributed by atoms with Crippen molar-refractivity contribution >= 4 is 5.91 Å². The summed E-state index contributed by atoms with van der Waals surface area (Å²) < 4.78 is 1.78. The Balaban J connectivity index is 1.41. The van der Waals surface area contributed by atoms with Gasteiger partial charge in [-0.15, -0.1) is 0 Å². The zero-order chi connectivity index (χ0) is 16.6. The first-order chi connectivity index (χ1) is 11.8. The highest BCUT2D eigenvalue weighted by Gasteiger charge is 2.09. The summed E-state index contributed by atoms with van der Waals surface area (Å²) in [5, 5.41) is 7.20. The summed E-state index contributed by atoms with van der Waals surface area (Å²) in [6.45, 7) is 4.24. The summed E-state index contributed by atoms with van der Waals surface area (Å²) in [6.07, 6.45) is 9.99. The highest BCUT2D eigenvalue weighted by atomic mass is 16.1. The topological polar surface area (TPSA) is 50.2 Å². The molecule has 5 nitrogen and oxygen atoms in total. The largest absolute Gasteiger partial charge is 0.352 e. The number of carbonyl (C=O) groups excluding carboxylic acids is 1. The van der Waals surface area contributed by atoms with Crippen LogP contribution in [0, 0.1) is 0 Å². The number of nitrogens with zero attached hydrogens (tertiary/aromatic N) is 3. The second kappa shape index (κ2) is 8.64. The van der Waals surface area contributed by atoms with E-state index in [1.165, 1.54) is 38.8 Å². The number of hydrogen-bond acceptors (Lipinski definition) is 3. The molecule has 0 atom stereocenters. The highest BCUT2D eigenvalue weighted by Crippen LogP contribution is 2.10. The molecular formula is C19H26N4O. The maximum atomic E-state index is 12.2. The molecule has 2 aromatic rings. The van der Waals surface area contributed by atoms with E-state index in [0.717, 1.165) is 25.2 Å². The fraction of sp³-hybridized carbons (Fsp3) is 0.474. The van der Waals surface area contributed by atoms with Gasteiger partial charge in [-0.05, 0) is 69.2 Å². The zero-order valence-corrected chi connectivity index (χ0v) is 14.2. The van der Waals surface area contributed by atoms with Gasteiger partial charge in [-0.3, -0.25) is 4.79 Å². The smallest absolute Gasteiger partial charge is 0.251 e. The van der Waals surface area contributed by atoms with E-state index in [1.54, 1.807) is 10.9 Å². The zero-order valence-electron chi connectivity index (χ0n) is 14.2. The first-order valence-electron chi connectivity index (χ1n) is 8.93. The van der Waals surface area contributed by atoms with Crippen LogP contribution in [0.25, 0.3) is 5.69 Å². The van der Waals surface area contributed by atoms with Crippen molar-refractivity contribution in [3.63, 3.8) is 0 Å². The van der Waals surface area contributed by atoms with Crippen LogP contribution in [0.4, 0.5) is 0 Å². The predicted octanol–water partition coefficient (Wildman–Crippen LogP) is 2.87. The molecule has 0 spiro atoms. The van der Waals surface area contributed by atoms with Crippen molar-refractivity contribution in [2.45, 2.75) is 32.1 Å². The molecule has 0 radical (unpaired) electrons. The van der Waals surface area contributed by atoms with Gasteiger partial charge in [-0.2, -0.15) is 5.10 Å². The normalized spacial score (nSPS) is 15.8. The fourth-order valence-corrected chi connectivity index (χ4v) is 3.15. The SMILES string of the molecule is O=C(NCCCN1CCCCCC1)c1ccc(-n2cccn2)cc1. The van der Waals surface area contributed by atoms with Crippen molar-refractivity contribution in [1.29, 1.82) is 0 Å². The Labute approximate surface area is 143 Å². The second-order valence-electron chi connectivity index (χ2n) is 6.36. The number of carbonyl (C=O) groups is 1. The first kappa shape index (κ1) is 16.7. The molecule has 0 bridgehead atoms. The van der Waals surface area contributed by atoms with E-state index in [9.17, 15) is 4.79 Å². The van der Waals surface area contributed by atoms with Crippen molar-refractivity contribution in [2.75, 3.05) is 26.2 Å². The van der Waals surface area contributed by atoms with Crippen LogP contribution in [0.5, 0.6) is 0 Å². The van der Waals surface area contributed by atoms with E-state index in [0.29, 0.717) is 5.56 Å². The number of nitrogens with one attached hydrogen (secondary N) is 1. The lowest BCUT2D eigenvalue weighted by Gasteiger charge is -2.19. The van der Waals surface area contributed by atoms with Crippen LogP contribution >= 0.6 is 0 Å². The average Bonchev–Trinajstić information content (AvgIpc) is 3.03. The predicted molar refractivity (Wildman–Crippen MR) is 95.4 cm³/mol. The molecule has 1 aromatic carbocycles. The van der Waals surface area contributed by atoms with E-state index < -0.39 is 0 Å². The van der Waals surface area contributed by atoms with Crippen LogP contribution in [0.1, 0.15) is 42.5 Å². The second-order valence-corrected chi connectivity index (χ2v) is 6.36. The molecule has 3 rings (SSSR count). The Kier molecular flexibility index (Phi) is 6.01. The summed E-state index contributed by atoms with van der Waals surface area (Å²) in [7, 11) is 0. The van der Waals surface area contributed by atoms with Gasteiger partial charge >= 0.3 is 0 Å². The van der Waals surface area contributed by atoms with Crippen molar-refractivity contribution in [3.05, 3.63) is 48.3 Å². The van der Waals surface area contributed by atoms with Crippen LogP contribution in [-0.2, 0) is 0 Å². The van der Waals surface area contributed by atoms with Gasteiger partial charge < -0.3 is 10.2 Å². The number of rotatable bonds is 6. The molecule has 1 aliphatic rings. The van der Waals surface area contributed by atoms with Gasteiger partial charge in [-0.25, -0.2) is 4.68 Å². The summed E-state index contributed by atoms with van der Waals surface area (Å²) in [4.78, 5) is 14.7. The van der Waals surface area contributed by atoms with Crippen molar-refractivity contribution < 1.29 is 4.79 Å². The molecule has 2 heterocycles. The molecule has 24 heavy (non-hydrogen) atoms. The Morgan fingerprint density at radius 3 is 2.50 bits per heavy atom. The van der Waals surface area contributed by atoms with Gasteiger partial charge in [-0.1, -0.05) is 12.8 Å². The van der Waals surface area contributed by atoms with Crippen LogP contribution in [0.15, 0.2) is 42.7 Å². The fourth-order valence-electron chi connectivity index (χ4n) is 3.15. The average molecular weight is 326 g/mol. The Morgan fingerprint density at radius 1 is 1.08 bits per heavy atom. The molecule has 1 amide bonds. The number of likely N-dealkylation sites (tertiary alicyclic amines) is 1. The van der Waals surface area contributed by atoms with Gasteiger partial charge in [0.05, 0.1) is 5.69 Å². The molecule has 1 N–H and O–H groups in total. The van der Waals surface area contributed by atoms with Gasteiger partial charge in [0.15, 0.2) is 0 Å². The molecule has 1 aromatic heterocycles. The molecule has 0 aliphatic carbocycles. The Hall–Kier alpha value is -2.14. The number of aromatic nitrogens is 2. The quantitative estimate of drug-likeness (QED) is 0.831. The summed E-state index contributed by atoms with van der Waals surface area (Å²) in [5.41, 5.74) is 1.65. The van der Waals surface area contributed by atoms with Crippen LogP contribution < -0.4 is 5.32 Å². The first-order valence-corrected chi connectivity index (χ1v) is 8.93. The monoisotopic (exact) mass is 326 g/mol. The van der Waals surface area contributed by atoms with Crippen LogP contribution in [0.3, 0.4) is 0 Å². The van der Waals surface area contributed by atoms with Crippen molar-refractivity contribution in [3.8, 4) is 5.69 Å². The summed E-state index contributed by atoms with van der Waals surface area (Å²) in [5.74, 6) is -0.00196. The third-order valence-corrected chi connectivity index (χ3v) is 4.53. The number of benzene rings is 1. The van der Waals surface area contributed by atoms with E-state index in [1.807, 2.05) is 36.5 Å². The standard InChI is InChI=1S/C19H26N4O/c24-19(20-11-5-15-22-13-3-1-2-4-14-22)17-7-9-18(10-8-17)23-16-6-12-21-23/h6-10,12,16H,1-5,11,13-15H2,(H,20,24). The minimum Gasteiger partial charge on any atom is -0.352 e.